The molecule has 136 valence electrons. The Labute approximate surface area is 155 Å². The van der Waals surface area contributed by atoms with Crippen molar-refractivity contribution in [3.05, 3.63) is 60.4 Å². The summed E-state index contributed by atoms with van der Waals surface area (Å²) in [6, 6.07) is 8.59. The highest BCUT2D eigenvalue weighted by molar-refractivity contribution is 5.84. The molecule has 0 aliphatic carbocycles. The molecule has 0 spiro atoms. The second kappa shape index (κ2) is 7.56. The topological polar surface area (TPSA) is 37.2 Å². The standard InChI is InChI=1S/C21H27N5/c1-24-7-8-26(15-20-12-23-16-25(20)2)14-17(13-24)9-19-11-22-10-18-5-3-4-6-21(18)19/h3-6,10-12,16-17H,7-9,13-15H2,1-2H3. The van der Waals surface area contributed by atoms with Crippen LogP contribution in [0.4, 0.5) is 0 Å². The number of pyridine rings is 1. The van der Waals surface area contributed by atoms with Crippen LogP contribution in [0.1, 0.15) is 11.3 Å². The van der Waals surface area contributed by atoms with Crippen molar-refractivity contribution < 1.29 is 0 Å². The van der Waals surface area contributed by atoms with Gasteiger partial charge in [0.25, 0.3) is 0 Å². The largest absolute Gasteiger partial charge is 0.337 e. The average molecular weight is 349 g/mol. The van der Waals surface area contributed by atoms with E-state index in [1.807, 2.05) is 18.7 Å². The van der Waals surface area contributed by atoms with Crippen molar-refractivity contribution in [3.8, 4) is 0 Å². The van der Waals surface area contributed by atoms with E-state index in [0.29, 0.717) is 5.92 Å². The van der Waals surface area contributed by atoms with Crippen LogP contribution in [0.25, 0.3) is 10.8 Å². The number of nitrogens with zero attached hydrogens (tertiary/aromatic N) is 5. The van der Waals surface area contributed by atoms with E-state index in [2.05, 4.69) is 68.9 Å². The van der Waals surface area contributed by atoms with Crippen molar-refractivity contribution in [2.45, 2.75) is 13.0 Å². The lowest BCUT2D eigenvalue weighted by Crippen LogP contribution is -2.31. The molecule has 5 nitrogen and oxygen atoms in total. The minimum atomic E-state index is 0.600. The van der Waals surface area contributed by atoms with Gasteiger partial charge < -0.3 is 9.47 Å². The Morgan fingerprint density at radius 3 is 2.73 bits per heavy atom. The normalized spacial score (nSPS) is 19.7. The fourth-order valence-electron chi connectivity index (χ4n) is 4.05. The molecule has 2 aromatic heterocycles. The Bertz CT molecular complexity index is 866. The zero-order valence-electron chi connectivity index (χ0n) is 15.7. The lowest BCUT2D eigenvalue weighted by molar-refractivity contribution is 0.244. The van der Waals surface area contributed by atoms with Gasteiger partial charge in [0, 0.05) is 63.7 Å². The molecule has 1 aliphatic rings. The predicted octanol–water partition coefficient (Wildman–Crippen LogP) is 2.57. The van der Waals surface area contributed by atoms with E-state index >= 15 is 0 Å². The summed E-state index contributed by atoms with van der Waals surface area (Å²) in [6.45, 7) is 5.42. The van der Waals surface area contributed by atoms with Crippen molar-refractivity contribution in [1.82, 2.24) is 24.3 Å². The molecule has 0 N–H and O–H groups in total. The molecule has 3 heterocycles. The number of benzene rings is 1. The first-order valence-electron chi connectivity index (χ1n) is 9.37. The van der Waals surface area contributed by atoms with Crippen LogP contribution in [-0.2, 0) is 20.0 Å². The van der Waals surface area contributed by atoms with Crippen molar-refractivity contribution in [3.63, 3.8) is 0 Å². The van der Waals surface area contributed by atoms with E-state index in [1.54, 1.807) is 0 Å². The third-order valence-electron chi connectivity index (χ3n) is 5.45. The number of aryl methyl sites for hydroxylation is 1. The molecule has 0 radical (unpaired) electrons. The van der Waals surface area contributed by atoms with Gasteiger partial charge in [0.15, 0.2) is 0 Å². The molecule has 1 aliphatic heterocycles. The smallest absolute Gasteiger partial charge is 0.0945 e. The maximum absolute atomic E-state index is 4.47. The fraction of sp³-hybridized carbons (Fsp3) is 0.429. The SMILES string of the molecule is CN1CCN(Cc2cncn2C)CC(Cc2cncc3ccccc23)C1. The number of imidazole rings is 1. The molecule has 4 rings (SSSR count). The lowest BCUT2D eigenvalue weighted by Gasteiger charge is -2.24. The molecule has 0 amide bonds. The van der Waals surface area contributed by atoms with Gasteiger partial charge in [0.05, 0.1) is 12.0 Å². The Kier molecular flexibility index (Phi) is 5.00. The summed E-state index contributed by atoms with van der Waals surface area (Å²) in [6.07, 6.45) is 8.96. The summed E-state index contributed by atoms with van der Waals surface area (Å²) in [4.78, 5) is 13.8. The van der Waals surface area contributed by atoms with Crippen LogP contribution in [-0.4, -0.2) is 57.6 Å². The second-order valence-corrected chi connectivity index (χ2v) is 7.58. The Morgan fingerprint density at radius 2 is 1.88 bits per heavy atom. The predicted molar refractivity (Wildman–Crippen MR) is 105 cm³/mol. The van der Waals surface area contributed by atoms with Crippen molar-refractivity contribution in [2.24, 2.45) is 13.0 Å². The third kappa shape index (κ3) is 3.79. The van der Waals surface area contributed by atoms with Crippen LogP contribution in [0.2, 0.25) is 0 Å². The summed E-state index contributed by atoms with van der Waals surface area (Å²) in [5.41, 5.74) is 2.64. The Hall–Kier alpha value is -2.24. The van der Waals surface area contributed by atoms with E-state index in [1.165, 1.54) is 22.0 Å². The number of hydrogen-bond donors (Lipinski definition) is 0. The number of rotatable bonds is 4. The van der Waals surface area contributed by atoms with Gasteiger partial charge >= 0.3 is 0 Å². The average Bonchev–Trinajstić information content (AvgIpc) is 2.95. The van der Waals surface area contributed by atoms with Gasteiger partial charge in [-0.1, -0.05) is 24.3 Å². The van der Waals surface area contributed by atoms with Crippen LogP contribution >= 0.6 is 0 Å². The van der Waals surface area contributed by atoms with Gasteiger partial charge in [-0.2, -0.15) is 0 Å². The van der Waals surface area contributed by atoms with E-state index in [-0.39, 0.29) is 0 Å². The molecule has 3 aromatic rings. The van der Waals surface area contributed by atoms with Gasteiger partial charge in [-0.05, 0) is 30.3 Å². The van der Waals surface area contributed by atoms with Gasteiger partial charge in [0.2, 0.25) is 0 Å². The lowest BCUT2D eigenvalue weighted by atomic mass is 9.96. The van der Waals surface area contributed by atoms with E-state index in [9.17, 15) is 0 Å². The minimum absolute atomic E-state index is 0.600. The van der Waals surface area contributed by atoms with E-state index in [0.717, 1.165) is 39.1 Å². The van der Waals surface area contributed by atoms with Gasteiger partial charge in [-0.15, -0.1) is 0 Å². The molecule has 1 unspecified atom stereocenters. The minimum Gasteiger partial charge on any atom is -0.337 e. The Balaban J connectivity index is 1.53. The molecule has 5 heteroatoms. The van der Waals surface area contributed by atoms with E-state index < -0.39 is 0 Å². The quantitative estimate of drug-likeness (QED) is 0.725. The van der Waals surface area contributed by atoms with Crippen molar-refractivity contribution in [1.29, 1.82) is 0 Å². The molecule has 1 saturated heterocycles. The highest BCUT2D eigenvalue weighted by atomic mass is 15.2. The number of hydrogen-bond acceptors (Lipinski definition) is 4. The van der Waals surface area contributed by atoms with Crippen LogP contribution in [0, 0.1) is 5.92 Å². The van der Waals surface area contributed by atoms with Crippen molar-refractivity contribution in [2.75, 3.05) is 33.2 Å². The first kappa shape index (κ1) is 17.2. The number of fused-ring (bicyclic) bond motifs is 1. The molecule has 1 atom stereocenters. The zero-order valence-corrected chi connectivity index (χ0v) is 15.7. The first-order chi connectivity index (χ1) is 12.7. The van der Waals surface area contributed by atoms with Gasteiger partial charge in [-0.25, -0.2) is 4.98 Å². The molecule has 1 aromatic carbocycles. The van der Waals surface area contributed by atoms with Crippen molar-refractivity contribution >= 4 is 10.8 Å². The second-order valence-electron chi connectivity index (χ2n) is 7.58. The van der Waals surface area contributed by atoms with Crippen LogP contribution in [0.3, 0.4) is 0 Å². The molecule has 0 bridgehead atoms. The van der Waals surface area contributed by atoms with Crippen LogP contribution < -0.4 is 0 Å². The molecular formula is C21H27N5. The maximum atomic E-state index is 4.47. The van der Waals surface area contributed by atoms with Crippen LogP contribution in [0.15, 0.2) is 49.2 Å². The monoisotopic (exact) mass is 349 g/mol. The van der Waals surface area contributed by atoms with Crippen LogP contribution in [0.5, 0.6) is 0 Å². The number of aromatic nitrogens is 3. The first-order valence-corrected chi connectivity index (χ1v) is 9.37. The highest BCUT2D eigenvalue weighted by Gasteiger charge is 2.22. The Morgan fingerprint density at radius 1 is 1.00 bits per heavy atom. The molecule has 1 fully saturated rings. The van der Waals surface area contributed by atoms with E-state index in [4.69, 9.17) is 0 Å². The summed E-state index contributed by atoms with van der Waals surface area (Å²) < 4.78 is 2.12. The van der Waals surface area contributed by atoms with Gasteiger partial charge in [0.1, 0.15) is 0 Å². The molecule has 0 saturated carbocycles. The fourth-order valence-corrected chi connectivity index (χ4v) is 4.05. The van der Waals surface area contributed by atoms with Gasteiger partial charge in [-0.3, -0.25) is 9.88 Å². The summed E-state index contributed by atoms with van der Waals surface area (Å²) >= 11 is 0. The highest BCUT2D eigenvalue weighted by Crippen LogP contribution is 2.22. The molecular weight excluding hydrogens is 322 g/mol. The summed E-state index contributed by atoms with van der Waals surface area (Å²) in [5, 5.41) is 2.58. The zero-order chi connectivity index (χ0) is 17.9. The number of likely N-dealkylation sites (N-methyl/N-ethyl adjacent to an activating group) is 1. The maximum Gasteiger partial charge on any atom is 0.0945 e. The third-order valence-corrected chi connectivity index (χ3v) is 5.45. The summed E-state index contributed by atoms with van der Waals surface area (Å²) in [7, 11) is 4.31. The molecule has 26 heavy (non-hydrogen) atoms. The summed E-state index contributed by atoms with van der Waals surface area (Å²) in [5.74, 6) is 0.600.